The fourth-order valence-electron chi connectivity index (χ4n) is 2.63. The largest absolute Gasteiger partial charge is 0.396 e. The summed E-state index contributed by atoms with van der Waals surface area (Å²) in [4.78, 5) is 0. The Morgan fingerprint density at radius 1 is 1.00 bits per heavy atom. The van der Waals surface area contributed by atoms with Crippen molar-refractivity contribution in [2.24, 2.45) is 0 Å². The van der Waals surface area contributed by atoms with Gasteiger partial charge in [-0.1, -0.05) is 30.3 Å². The van der Waals surface area contributed by atoms with Crippen LogP contribution in [0.25, 0.3) is 0 Å². The van der Waals surface area contributed by atoms with Crippen molar-refractivity contribution < 1.29 is 15.3 Å². The molecule has 0 aliphatic carbocycles. The number of hydrogen-bond donors (Lipinski definition) is 3. The topological polar surface area (TPSA) is 60.7 Å². The highest BCUT2D eigenvalue weighted by Gasteiger charge is 2.35. The molecule has 0 spiro atoms. The molecule has 0 bridgehead atoms. The molecule has 1 rings (SSSR count). The molecule has 0 amide bonds. The number of aliphatic hydroxyl groups excluding tert-OH is 3. The summed E-state index contributed by atoms with van der Waals surface area (Å²) in [6.07, 6.45) is 2.27. The van der Waals surface area contributed by atoms with Crippen molar-refractivity contribution in [2.45, 2.75) is 44.1 Å². The third-order valence-corrected chi connectivity index (χ3v) is 3.71. The van der Waals surface area contributed by atoms with Gasteiger partial charge in [0.25, 0.3) is 0 Å². The van der Waals surface area contributed by atoms with Gasteiger partial charge < -0.3 is 15.3 Å². The minimum atomic E-state index is -0.502. The number of benzene rings is 1. The minimum absolute atomic E-state index is 0.125. The Morgan fingerprint density at radius 3 is 1.89 bits per heavy atom. The van der Waals surface area contributed by atoms with E-state index in [2.05, 4.69) is 0 Å². The van der Waals surface area contributed by atoms with Gasteiger partial charge in [0, 0.05) is 18.6 Å². The zero-order valence-corrected chi connectivity index (χ0v) is 11.0. The molecule has 0 fully saturated rings. The standard InChI is InChI=1S/C15H24O3/c1-13(18)15(9-5-11-16,10-6-12-17)14-7-3-2-4-8-14/h2-4,7-8,13,16-18H,5-6,9-12H2,1H3/t13-/m1/s1. The smallest absolute Gasteiger partial charge is 0.0608 e. The molecule has 0 radical (unpaired) electrons. The van der Waals surface area contributed by atoms with Crippen molar-refractivity contribution in [1.29, 1.82) is 0 Å². The lowest BCUT2D eigenvalue weighted by Gasteiger charge is -2.37. The average Bonchev–Trinajstić information content (AvgIpc) is 2.40. The summed E-state index contributed by atoms with van der Waals surface area (Å²) in [6.45, 7) is 2.04. The summed E-state index contributed by atoms with van der Waals surface area (Å²) < 4.78 is 0. The molecule has 3 nitrogen and oxygen atoms in total. The third kappa shape index (κ3) is 3.55. The predicted octanol–water partition coefficient (Wildman–Crippen LogP) is 1.85. The summed E-state index contributed by atoms with van der Waals surface area (Å²) in [5.74, 6) is 0. The number of hydrogen-bond acceptors (Lipinski definition) is 3. The van der Waals surface area contributed by atoms with Crippen LogP contribution in [0.3, 0.4) is 0 Å². The second-order valence-corrected chi connectivity index (χ2v) is 4.85. The highest BCUT2D eigenvalue weighted by atomic mass is 16.3. The fraction of sp³-hybridized carbons (Fsp3) is 0.600. The molecule has 0 heterocycles. The Balaban J connectivity index is 3.03. The maximum absolute atomic E-state index is 10.2. The summed E-state index contributed by atoms with van der Waals surface area (Å²) in [7, 11) is 0. The van der Waals surface area contributed by atoms with Crippen LogP contribution in [0, 0.1) is 0 Å². The van der Waals surface area contributed by atoms with E-state index in [1.807, 2.05) is 30.3 Å². The van der Waals surface area contributed by atoms with E-state index in [0.29, 0.717) is 12.8 Å². The van der Waals surface area contributed by atoms with Crippen LogP contribution in [-0.4, -0.2) is 34.6 Å². The molecule has 0 saturated heterocycles. The Morgan fingerprint density at radius 2 is 1.50 bits per heavy atom. The average molecular weight is 252 g/mol. The first-order valence-electron chi connectivity index (χ1n) is 6.62. The molecule has 18 heavy (non-hydrogen) atoms. The van der Waals surface area contributed by atoms with Gasteiger partial charge in [-0.2, -0.15) is 0 Å². The van der Waals surface area contributed by atoms with Crippen LogP contribution < -0.4 is 0 Å². The maximum atomic E-state index is 10.2. The van der Waals surface area contributed by atoms with E-state index in [1.165, 1.54) is 0 Å². The minimum Gasteiger partial charge on any atom is -0.396 e. The van der Waals surface area contributed by atoms with E-state index in [0.717, 1.165) is 18.4 Å². The van der Waals surface area contributed by atoms with E-state index in [4.69, 9.17) is 10.2 Å². The monoisotopic (exact) mass is 252 g/mol. The van der Waals surface area contributed by atoms with Crippen LogP contribution in [0.1, 0.15) is 38.2 Å². The lowest BCUT2D eigenvalue weighted by atomic mass is 9.69. The van der Waals surface area contributed by atoms with Crippen molar-refractivity contribution in [3.63, 3.8) is 0 Å². The van der Waals surface area contributed by atoms with E-state index in [9.17, 15) is 5.11 Å². The van der Waals surface area contributed by atoms with E-state index in [-0.39, 0.29) is 18.6 Å². The molecule has 3 heteroatoms. The molecular weight excluding hydrogens is 228 g/mol. The second kappa shape index (κ2) is 7.52. The van der Waals surface area contributed by atoms with Crippen LogP contribution in [0.15, 0.2) is 30.3 Å². The summed E-state index contributed by atoms with van der Waals surface area (Å²) >= 11 is 0. The van der Waals surface area contributed by atoms with Crippen LogP contribution in [0.5, 0.6) is 0 Å². The molecular formula is C15H24O3. The first kappa shape index (κ1) is 15.2. The summed E-state index contributed by atoms with van der Waals surface area (Å²) in [5, 5.41) is 28.3. The highest BCUT2D eigenvalue weighted by Crippen LogP contribution is 2.37. The molecule has 0 aromatic heterocycles. The fourth-order valence-corrected chi connectivity index (χ4v) is 2.63. The van der Waals surface area contributed by atoms with Crippen LogP contribution >= 0.6 is 0 Å². The lowest BCUT2D eigenvalue weighted by molar-refractivity contribution is 0.0720. The highest BCUT2D eigenvalue weighted by molar-refractivity contribution is 5.27. The molecule has 0 aliphatic heterocycles. The van der Waals surface area contributed by atoms with Crippen molar-refractivity contribution in [1.82, 2.24) is 0 Å². The van der Waals surface area contributed by atoms with Gasteiger partial charge in [0.05, 0.1) is 6.10 Å². The quantitative estimate of drug-likeness (QED) is 0.661. The van der Waals surface area contributed by atoms with Gasteiger partial charge >= 0.3 is 0 Å². The van der Waals surface area contributed by atoms with Crippen molar-refractivity contribution in [3.05, 3.63) is 35.9 Å². The van der Waals surface area contributed by atoms with Crippen molar-refractivity contribution >= 4 is 0 Å². The Kier molecular flexibility index (Phi) is 6.33. The third-order valence-electron chi connectivity index (χ3n) is 3.71. The Labute approximate surface area is 109 Å². The molecule has 3 N–H and O–H groups in total. The van der Waals surface area contributed by atoms with Crippen molar-refractivity contribution in [2.75, 3.05) is 13.2 Å². The Hall–Kier alpha value is -0.900. The van der Waals surface area contributed by atoms with Gasteiger partial charge in [-0.25, -0.2) is 0 Å². The van der Waals surface area contributed by atoms with Gasteiger partial charge in [0.1, 0.15) is 0 Å². The van der Waals surface area contributed by atoms with Gasteiger partial charge in [0.15, 0.2) is 0 Å². The summed E-state index contributed by atoms with van der Waals surface area (Å²) in [6, 6.07) is 9.91. The molecule has 1 aromatic carbocycles. The van der Waals surface area contributed by atoms with Crippen LogP contribution in [0.4, 0.5) is 0 Å². The molecule has 0 unspecified atom stereocenters. The first-order valence-corrected chi connectivity index (χ1v) is 6.62. The van der Waals surface area contributed by atoms with E-state index >= 15 is 0 Å². The molecule has 0 saturated carbocycles. The lowest BCUT2D eigenvalue weighted by Crippen LogP contribution is -2.38. The maximum Gasteiger partial charge on any atom is 0.0608 e. The van der Waals surface area contributed by atoms with Gasteiger partial charge in [-0.05, 0) is 38.2 Å². The number of aliphatic hydroxyl groups is 3. The summed E-state index contributed by atoms with van der Waals surface area (Å²) in [5.41, 5.74) is 0.717. The predicted molar refractivity (Wildman–Crippen MR) is 72.4 cm³/mol. The molecule has 102 valence electrons. The molecule has 0 aliphatic rings. The normalized spacial score (nSPS) is 13.6. The zero-order chi connectivity index (χ0) is 13.4. The number of rotatable bonds is 8. The molecule has 1 atom stereocenters. The van der Waals surface area contributed by atoms with Gasteiger partial charge in [-0.3, -0.25) is 0 Å². The van der Waals surface area contributed by atoms with Gasteiger partial charge in [0.2, 0.25) is 0 Å². The first-order chi connectivity index (χ1) is 8.67. The SMILES string of the molecule is C[C@@H](O)C(CCCO)(CCCO)c1ccccc1. The van der Waals surface area contributed by atoms with E-state index < -0.39 is 6.10 Å². The molecule has 1 aromatic rings. The van der Waals surface area contributed by atoms with Crippen molar-refractivity contribution in [3.8, 4) is 0 Å². The Bertz CT molecular complexity index is 314. The second-order valence-electron chi connectivity index (χ2n) is 4.85. The zero-order valence-electron chi connectivity index (χ0n) is 11.0. The van der Waals surface area contributed by atoms with Crippen LogP contribution in [0.2, 0.25) is 0 Å². The van der Waals surface area contributed by atoms with Crippen LogP contribution in [-0.2, 0) is 5.41 Å². The van der Waals surface area contributed by atoms with E-state index in [1.54, 1.807) is 6.92 Å². The van der Waals surface area contributed by atoms with Gasteiger partial charge in [-0.15, -0.1) is 0 Å².